The second kappa shape index (κ2) is 8.01. The van der Waals surface area contributed by atoms with Gasteiger partial charge in [-0.2, -0.15) is 0 Å². The smallest absolute Gasteiger partial charge is 0.252 e. The molecule has 0 aliphatic rings. The van der Waals surface area contributed by atoms with Gasteiger partial charge in [-0.1, -0.05) is 11.6 Å². The average molecular weight is 342 g/mol. The minimum Gasteiger partial charge on any atom is -0.490 e. The Balaban J connectivity index is 2.46. The molecule has 25 heavy (non-hydrogen) atoms. The zero-order valence-corrected chi connectivity index (χ0v) is 15.5. The van der Waals surface area contributed by atoms with E-state index in [0.29, 0.717) is 22.6 Å². The van der Waals surface area contributed by atoms with Gasteiger partial charge in [0.2, 0.25) is 0 Å². The fourth-order valence-electron chi connectivity index (χ4n) is 2.62. The van der Waals surface area contributed by atoms with Crippen LogP contribution in [-0.4, -0.2) is 23.1 Å². The lowest BCUT2D eigenvalue weighted by Gasteiger charge is -2.18. The lowest BCUT2D eigenvalue weighted by Crippen LogP contribution is -2.16. The molecule has 2 rings (SSSR count). The molecule has 1 amide bonds. The number of rotatable bonds is 7. The van der Waals surface area contributed by atoms with E-state index in [-0.39, 0.29) is 12.2 Å². The normalized spacial score (nSPS) is 13.1. The summed E-state index contributed by atoms with van der Waals surface area (Å²) >= 11 is 0. The molecule has 5 nitrogen and oxygen atoms in total. The second-order valence-electron chi connectivity index (χ2n) is 6.47. The Hall–Kier alpha value is -2.56. The van der Waals surface area contributed by atoms with Gasteiger partial charge in [-0.3, -0.25) is 9.78 Å². The van der Waals surface area contributed by atoms with E-state index in [2.05, 4.69) is 18.0 Å². The van der Waals surface area contributed by atoms with Crippen molar-refractivity contribution in [3.05, 3.63) is 41.6 Å². The monoisotopic (exact) mass is 342 g/mol. The average Bonchev–Trinajstić information content (AvgIpc) is 2.53. The zero-order chi connectivity index (χ0) is 18.6. The molecule has 1 atom stereocenters. The molecule has 0 saturated carbocycles. The highest BCUT2D eigenvalue weighted by Crippen LogP contribution is 2.32. The number of carbonyl (C=O) groups excluding carboxylic acids is 1. The number of ether oxygens (including phenoxy) is 2. The summed E-state index contributed by atoms with van der Waals surface area (Å²) in [6, 6.07) is 5.27. The van der Waals surface area contributed by atoms with Crippen molar-refractivity contribution in [3.8, 4) is 11.5 Å². The maximum absolute atomic E-state index is 11.7. The Morgan fingerprint density at radius 3 is 2.56 bits per heavy atom. The Morgan fingerprint density at radius 1 is 1.24 bits per heavy atom. The maximum Gasteiger partial charge on any atom is 0.252 e. The molecular formula is C20H26N2O3. The van der Waals surface area contributed by atoms with Gasteiger partial charge in [0.25, 0.3) is 5.91 Å². The number of primary amides is 1. The molecule has 0 bridgehead atoms. The van der Waals surface area contributed by atoms with Gasteiger partial charge in [-0.25, -0.2) is 0 Å². The molecule has 1 heterocycles. The van der Waals surface area contributed by atoms with E-state index in [9.17, 15) is 4.79 Å². The van der Waals surface area contributed by atoms with Gasteiger partial charge >= 0.3 is 0 Å². The molecule has 0 radical (unpaired) electrons. The van der Waals surface area contributed by atoms with Crippen molar-refractivity contribution in [2.45, 2.75) is 53.2 Å². The number of carbonyl (C=O) groups is 1. The van der Waals surface area contributed by atoms with E-state index in [1.54, 1.807) is 18.3 Å². The first-order valence-electron chi connectivity index (χ1n) is 8.49. The predicted molar refractivity (Wildman–Crippen MR) is 100 cm³/mol. The Kier molecular flexibility index (Phi) is 6.02. The zero-order valence-electron chi connectivity index (χ0n) is 15.5. The van der Waals surface area contributed by atoms with Crippen LogP contribution in [0.25, 0.3) is 10.9 Å². The van der Waals surface area contributed by atoms with E-state index in [1.165, 1.54) is 5.57 Å². The molecular weight excluding hydrogens is 316 g/mol. The number of fused-ring (bicyclic) bond motifs is 1. The molecule has 2 N–H and O–H groups in total. The van der Waals surface area contributed by atoms with Gasteiger partial charge in [0.05, 0.1) is 23.3 Å². The quantitative estimate of drug-likeness (QED) is 0.764. The molecule has 0 spiro atoms. The first kappa shape index (κ1) is 18.8. The molecule has 1 aromatic carbocycles. The van der Waals surface area contributed by atoms with E-state index >= 15 is 0 Å². The lowest BCUT2D eigenvalue weighted by molar-refractivity contribution is 0.0994. The summed E-state index contributed by atoms with van der Waals surface area (Å²) in [5, 5.41) is 0.799. The molecule has 5 heteroatoms. The summed E-state index contributed by atoms with van der Waals surface area (Å²) in [5.74, 6) is 0.624. The van der Waals surface area contributed by atoms with Crippen LogP contribution in [0.3, 0.4) is 0 Å². The SMILES string of the molecule is C/C=C(\C)C[C@H](C)Oc1ccnc2cc(C(N)=O)c(OC(C)C)cc12. The molecule has 134 valence electrons. The van der Waals surface area contributed by atoms with E-state index < -0.39 is 5.91 Å². The van der Waals surface area contributed by atoms with E-state index in [4.69, 9.17) is 15.2 Å². The predicted octanol–water partition coefficient (Wildman–Crippen LogP) is 4.24. The van der Waals surface area contributed by atoms with E-state index in [0.717, 1.165) is 11.8 Å². The number of hydrogen-bond donors (Lipinski definition) is 1. The van der Waals surface area contributed by atoms with Crippen molar-refractivity contribution in [2.24, 2.45) is 5.73 Å². The number of nitrogens with two attached hydrogens (primary N) is 1. The summed E-state index contributed by atoms with van der Waals surface area (Å²) in [6.45, 7) is 9.93. The molecule has 0 aliphatic carbocycles. The van der Waals surface area contributed by atoms with Gasteiger partial charge in [-0.15, -0.1) is 0 Å². The van der Waals surface area contributed by atoms with Crippen molar-refractivity contribution in [3.63, 3.8) is 0 Å². The lowest BCUT2D eigenvalue weighted by atomic mass is 10.1. The third-order valence-electron chi connectivity index (χ3n) is 3.86. The number of allylic oxidation sites excluding steroid dienone is 1. The van der Waals surface area contributed by atoms with Crippen LogP contribution in [0.15, 0.2) is 36.0 Å². The van der Waals surface area contributed by atoms with Crippen molar-refractivity contribution >= 4 is 16.8 Å². The van der Waals surface area contributed by atoms with Gasteiger partial charge in [0.1, 0.15) is 11.5 Å². The highest BCUT2D eigenvalue weighted by Gasteiger charge is 2.16. The standard InChI is InChI=1S/C20H26N2O3/c1-6-13(4)9-14(5)25-18-7-8-22-17-10-16(20(21)23)19(11-15(17)18)24-12(2)3/h6-8,10-12,14H,9H2,1-5H3,(H2,21,23)/b13-6+/t14-/m0/s1. The van der Waals surface area contributed by atoms with Crippen molar-refractivity contribution in [1.29, 1.82) is 0 Å². The number of aromatic nitrogens is 1. The number of pyridine rings is 1. The van der Waals surface area contributed by atoms with Crippen LogP contribution in [0.2, 0.25) is 0 Å². The third kappa shape index (κ3) is 4.72. The van der Waals surface area contributed by atoms with Crippen LogP contribution in [0.4, 0.5) is 0 Å². The highest BCUT2D eigenvalue weighted by molar-refractivity contribution is 6.01. The van der Waals surface area contributed by atoms with Crippen LogP contribution < -0.4 is 15.2 Å². The summed E-state index contributed by atoms with van der Waals surface area (Å²) in [5.41, 5.74) is 7.73. The molecule has 0 aliphatic heterocycles. The number of benzene rings is 1. The van der Waals surface area contributed by atoms with E-state index in [1.807, 2.05) is 33.8 Å². The van der Waals surface area contributed by atoms with Crippen LogP contribution in [0.1, 0.15) is 51.4 Å². The molecule has 1 aromatic heterocycles. The summed E-state index contributed by atoms with van der Waals surface area (Å²) in [6.07, 6.45) is 4.54. The Bertz CT molecular complexity index is 797. The van der Waals surface area contributed by atoms with Crippen molar-refractivity contribution in [1.82, 2.24) is 4.98 Å². The van der Waals surface area contributed by atoms with Gasteiger partial charge < -0.3 is 15.2 Å². The largest absolute Gasteiger partial charge is 0.490 e. The minimum atomic E-state index is -0.539. The van der Waals surface area contributed by atoms with Gasteiger partial charge in [-0.05, 0) is 52.8 Å². The fraction of sp³-hybridized carbons (Fsp3) is 0.400. The number of amides is 1. The first-order valence-corrected chi connectivity index (χ1v) is 8.49. The maximum atomic E-state index is 11.7. The summed E-state index contributed by atoms with van der Waals surface area (Å²) in [7, 11) is 0. The second-order valence-corrected chi connectivity index (χ2v) is 6.47. The Morgan fingerprint density at radius 2 is 1.96 bits per heavy atom. The van der Waals surface area contributed by atoms with Crippen molar-refractivity contribution < 1.29 is 14.3 Å². The molecule has 0 saturated heterocycles. The molecule has 0 unspecified atom stereocenters. The number of hydrogen-bond acceptors (Lipinski definition) is 4. The van der Waals surface area contributed by atoms with Crippen LogP contribution in [0.5, 0.6) is 11.5 Å². The van der Waals surface area contributed by atoms with Crippen LogP contribution in [0, 0.1) is 0 Å². The highest BCUT2D eigenvalue weighted by atomic mass is 16.5. The first-order chi connectivity index (χ1) is 11.8. The number of nitrogens with zero attached hydrogens (tertiary/aromatic N) is 1. The third-order valence-corrected chi connectivity index (χ3v) is 3.86. The topological polar surface area (TPSA) is 74.4 Å². The molecule has 2 aromatic rings. The van der Waals surface area contributed by atoms with Gasteiger partial charge in [0, 0.05) is 18.0 Å². The molecule has 0 fully saturated rings. The minimum absolute atomic E-state index is 0.0204. The summed E-state index contributed by atoms with van der Waals surface area (Å²) in [4.78, 5) is 16.1. The van der Waals surface area contributed by atoms with Crippen LogP contribution in [-0.2, 0) is 0 Å². The van der Waals surface area contributed by atoms with Crippen LogP contribution >= 0.6 is 0 Å². The van der Waals surface area contributed by atoms with Gasteiger partial charge in [0.15, 0.2) is 0 Å². The fourth-order valence-corrected chi connectivity index (χ4v) is 2.62. The Labute approximate surface area is 148 Å². The summed E-state index contributed by atoms with van der Waals surface area (Å²) < 4.78 is 11.9. The van der Waals surface area contributed by atoms with Crippen molar-refractivity contribution in [2.75, 3.05) is 0 Å².